The van der Waals surface area contributed by atoms with Crippen LogP contribution in [0.3, 0.4) is 0 Å². The van der Waals surface area contributed by atoms with Gasteiger partial charge in [0, 0.05) is 13.1 Å². The lowest BCUT2D eigenvalue weighted by molar-refractivity contribution is -0.122. The van der Waals surface area contributed by atoms with Crippen LogP contribution < -0.4 is 15.4 Å². The molecule has 0 spiro atoms. The largest absolute Gasteiger partial charge is 0.457 e. The summed E-state index contributed by atoms with van der Waals surface area (Å²) in [6, 6.07) is 17.6. The van der Waals surface area contributed by atoms with Gasteiger partial charge in [0.25, 0.3) is 0 Å². The quantitative estimate of drug-likeness (QED) is 0.891. The molecule has 3 rings (SSSR count). The van der Waals surface area contributed by atoms with E-state index in [0.29, 0.717) is 6.54 Å². The van der Waals surface area contributed by atoms with Crippen molar-refractivity contribution in [1.82, 2.24) is 10.6 Å². The highest BCUT2D eigenvalue weighted by molar-refractivity contribution is 5.81. The molecular weight excluding hydrogens is 288 g/mol. The SMILES string of the molecule is O=C1NCCCCC1NCc1cccc(Oc2ccccc2)c1. The molecule has 0 bridgehead atoms. The van der Waals surface area contributed by atoms with E-state index < -0.39 is 0 Å². The van der Waals surface area contributed by atoms with Crippen LogP contribution in [0.2, 0.25) is 0 Å². The minimum Gasteiger partial charge on any atom is -0.457 e. The van der Waals surface area contributed by atoms with Crippen LogP contribution in [-0.2, 0) is 11.3 Å². The summed E-state index contributed by atoms with van der Waals surface area (Å²) in [7, 11) is 0. The van der Waals surface area contributed by atoms with Crippen LogP contribution in [0, 0.1) is 0 Å². The second-order valence-electron chi connectivity index (χ2n) is 5.78. The summed E-state index contributed by atoms with van der Waals surface area (Å²) < 4.78 is 5.84. The normalized spacial score (nSPS) is 18.1. The van der Waals surface area contributed by atoms with E-state index in [1.54, 1.807) is 0 Å². The monoisotopic (exact) mass is 310 g/mol. The number of ether oxygens (including phenoxy) is 1. The van der Waals surface area contributed by atoms with Crippen LogP contribution in [0.4, 0.5) is 0 Å². The first-order valence-corrected chi connectivity index (χ1v) is 8.14. The predicted octanol–water partition coefficient (Wildman–Crippen LogP) is 3.24. The molecule has 1 fully saturated rings. The summed E-state index contributed by atoms with van der Waals surface area (Å²) in [5, 5.41) is 6.30. The van der Waals surface area contributed by atoms with Crippen LogP contribution in [-0.4, -0.2) is 18.5 Å². The lowest BCUT2D eigenvalue weighted by Gasteiger charge is -2.15. The smallest absolute Gasteiger partial charge is 0.237 e. The molecule has 120 valence electrons. The number of hydrogen-bond acceptors (Lipinski definition) is 3. The molecule has 1 aliphatic rings. The third-order valence-corrected chi connectivity index (χ3v) is 3.97. The van der Waals surface area contributed by atoms with E-state index in [1.807, 2.05) is 54.6 Å². The molecule has 1 atom stereocenters. The van der Waals surface area contributed by atoms with Crippen molar-refractivity contribution in [3.8, 4) is 11.5 Å². The third-order valence-electron chi connectivity index (χ3n) is 3.97. The van der Waals surface area contributed by atoms with Crippen LogP contribution in [0.15, 0.2) is 54.6 Å². The lowest BCUT2D eigenvalue weighted by Crippen LogP contribution is -2.42. The van der Waals surface area contributed by atoms with Crippen LogP contribution >= 0.6 is 0 Å². The summed E-state index contributed by atoms with van der Waals surface area (Å²) in [6.45, 7) is 1.45. The fourth-order valence-electron chi connectivity index (χ4n) is 2.72. The minimum atomic E-state index is -0.101. The second kappa shape index (κ2) is 7.79. The Morgan fingerprint density at radius 3 is 2.74 bits per heavy atom. The molecule has 0 saturated carbocycles. The van der Waals surface area contributed by atoms with E-state index in [2.05, 4.69) is 10.6 Å². The zero-order valence-electron chi connectivity index (χ0n) is 13.1. The Balaban J connectivity index is 1.60. The van der Waals surface area contributed by atoms with E-state index >= 15 is 0 Å². The van der Waals surface area contributed by atoms with Gasteiger partial charge in [-0.15, -0.1) is 0 Å². The van der Waals surface area contributed by atoms with E-state index in [9.17, 15) is 4.79 Å². The van der Waals surface area contributed by atoms with Crippen molar-refractivity contribution in [3.63, 3.8) is 0 Å². The number of rotatable bonds is 5. The van der Waals surface area contributed by atoms with Gasteiger partial charge >= 0.3 is 0 Å². The number of amides is 1. The summed E-state index contributed by atoms with van der Waals surface area (Å²) in [4.78, 5) is 11.9. The molecule has 2 aromatic rings. The molecule has 0 radical (unpaired) electrons. The Kier molecular flexibility index (Phi) is 5.27. The maximum absolute atomic E-state index is 11.9. The van der Waals surface area contributed by atoms with Crippen molar-refractivity contribution < 1.29 is 9.53 Å². The topological polar surface area (TPSA) is 50.4 Å². The van der Waals surface area contributed by atoms with Gasteiger partial charge in [0.15, 0.2) is 0 Å². The average molecular weight is 310 g/mol. The fraction of sp³-hybridized carbons (Fsp3) is 0.316. The molecule has 1 heterocycles. The van der Waals surface area contributed by atoms with E-state index in [0.717, 1.165) is 42.9 Å². The zero-order valence-corrected chi connectivity index (χ0v) is 13.1. The summed E-state index contributed by atoms with van der Waals surface area (Å²) in [5.74, 6) is 1.74. The van der Waals surface area contributed by atoms with Gasteiger partial charge in [-0.05, 0) is 49.1 Å². The molecule has 23 heavy (non-hydrogen) atoms. The van der Waals surface area contributed by atoms with Crippen molar-refractivity contribution in [2.75, 3.05) is 6.54 Å². The molecule has 0 aromatic heterocycles. The highest BCUT2D eigenvalue weighted by atomic mass is 16.5. The summed E-state index contributed by atoms with van der Waals surface area (Å²) >= 11 is 0. The number of nitrogens with one attached hydrogen (secondary N) is 2. The summed E-state index contributed by atoms with van der Waals surface area (Å²) in [6.07, 6.45) is 3.03. The zero-order chi connectivity index (χ0) is 15.9. The van der Waals surface area contributed by atoms with Crippen LogP contribution in [0.25, 0.3) is 0 Å². The third kappa shape index (κ3) is 4.57. The first kappa shape index (κ1) is 15.6. The molecule has 2 N–H and O–H groups in total. The van der Waals surface area contributed by atoms with Gasteiger partial charge < -0.3 is 15.4 Å². The van der Waals surface area contributed by atoms with Gasteiger partial charge in [0.2, 0.25) is 5.91 Å². The second-order valence-corrected chi connectivity index (χ2v) is 5.78. The maximum atomic E-state index is 11.9. The number of benzene rings is 2. The Hall–Kier alpha value is -2.33. The van der Waals surface area contributed by atoms with Gasteiger partial charge in [0.1, 0.15) is 11.5 Å². The highest BCUT2D eigenvalue weighted by Gasteiger charge is 2.19. The number of carbonyl (C=O) groups is 1. The molecule has 2 aromatic carbocycles. The Morgan fingerprint density at radius 2 is 1.87 bits per heavy atom. The van der Waals surface area contributed by atoms with Crippen LogP contribution in [0.1, 0.15) is 24.8 Å². The Morgan fingerprint density at radius 1 is 1.04 bits per heavy atom. The predicted molar refractivity (Wildman–Crippen MR) is 90.4 cm³/mol. The van der Waals surface area contributed by atoms with E-state index in [4.69, 9.17) is 4.74 Å². The van der Waals surface area contributed by atoms with Crippen molar-refractivity contribution in [2.24, 2.45) is 0 Å². The fourth-order valence-corrected chi connectivity index (χ4v) is 2.72. The molecule has 4 heteroatoms. The van der Waals surface area contributed by atoms with Crippen molar-refractivity contribution in [3.05, 3.63) is 60.2 Å². The molecule has 1 aliphatic heterocycles. The van der Waals surface area contributed by atoms with E-state index in [1.165, 1.54) is 0 Å². The highest BCUT2D eigenvalue weighted by Crippen LogP contribution is 2.21. The molecule has 1 saturated heterocycles. The van der Waals surface area contributed by atoms with Crippen molar-refractivity contribution in [2.45, 2.75) is 31.8 Å². The molecule has 0 aliphatic carbocycles. The van der Waals surface area contributed by atoms with Gasteiger partial charge in [-0.2, -0.15) is 0 Å². The van der Waals surface area contributed by atoms with Gasteiger partial charge in [-0.3, -0.25) is 4.79 Å². The lowest BCUT2D eigenvalue weighted by atomic mass is 10.1. The maximum Gasteiger partial charge on any atom is 0.237 e. The average Bonchev–Trinajstić information content (AvgIpc) is 2.79. The van der Waals surface area contributed by atoms with Gasteiger partial charge in [-0.25, -0.2) is 0 Å². The molecular formula is C19H22N2O2. The first-order chi connectivity index (χ1) is 11.3. The minimum absolute atomic E-state index is 0.101. The van der Waals surface area contributed by atoms with Crippen molar-refractivity contribution in [1.29, 1.82) is 0 Å². The number of para-hydroxylation sites is 1. The molecule has 4 nitrogen and oxygen atoms in total. The first-order valence-electron chi connectivity index (χ1n) is 8.14. The standard InChI is InChI=1S/C19H22N2O2/c22-19-18(11-4-5-12-20-19)21-14-15-7-6-10-17(13-15)23-16-8-2-1-3-9-16/h1-3,6-10,13,18,21H,4-5,11-12,14H2,(H,20,22). The molecule has 1 unspecified atom stereocenters. The van der Waals surface area contributed by atoms with Gasteiger partial charge in [-0.1, -0.05) is 30.3 Å². The van der Waals surface area contributed by atoms with Gasteiger partial charge in [0.05, 0.1) is 6.04 Å². The summed E-state index contributed by atoms with van der Waals surface area (Å²) in [5.41, 5.74) is 1.11. The van der Waals surface area contributed by atoms with Crippen LogP contribution in [0.5, 0.6) is 11.5 Å². The van der Waals surface area contributed by atoms with E-state index in [-0.39, 0.29) is 11.9 Å². The molecule has 1 amide bonds. The Bertz CT molecular complexity index is 643. The number of hydrogen-bond donors (Lipinski definition) is 2. The Labute approximate surface area is 136 Å². The van der Waals surface area contributed by atoms with Crippen molar-refractivity contribution >= 4 is 5.91 Å². The number of carbonyl (C=O) groups excluding carboxylic acids is 1.